The quantitative estimate of drug-likeness (QED) is 0.129. The lowest BCUT2D eigenvalue weighted by atomic mass is 9.90. The number of nitrogens with one attached hydrogen (secondary N) is 2. The van der Waals surface area contributed by atoms with E-state index in [0.717, 1.165) is 43.7 Å². The number of fused-ring (bicyclic) bond motifs is 1. The van der Waals surface area contributed by atoms with Gasteiger partial charge in [-0.15, -0.1) is 11.3 Å². The van der Waals surface area contributed by atoms with Crippen LogP contribution < -0.4 is 20.1 Å². The van der Waals surface area contributed by atoms with Gasteiger partial charge in [0.15, 0.2) is 0 Å². The minimum Gasteiger partial charge on any atom is -0.410 e. The van der Waals surface area contributed by atoms with Gasteiger partial charge in [-0.3, -0.25) is 10.6 Å². The maximum Gasteiger partial charge on any atom is 0.417 e. The van der Waals surface area contributed by atoms with Crippen molar-refractivity contribution in [2.75, 3.05) is 36.9 Å². The molecule has 1 fully saturated rings. The number of ether oxygens (including phenoxy) is 3. The van der Waals surface area contributed by atoms with E-state index in [1.165, 1.54) is 43.5 Å². The van der Waals surface area contributed by atoms with Gasteiger partial charge in [0.05, 0.1) is 12.2 Å². The Hall–Kier alpha value is -4.20. The van der Waals surface area contributed by atoms with Gasteiger partial charge in [-0.05, 0) is 181 Å². The summed E-state index contributed by atoms with van der Waals surface area (Å²) in [5, 5.41) is 7.19. The van der Waals surface area contributed by atoms with E-state index >= 15 is 0 Å². The Morgan fingerprint density at radius 2 is 1.50 bits per heavy atom. The van der Waals surface area contributed by atoms with Crippen molar-refractivity contribution >= 4 is 79.2 Å². The van der Waals surface area contributed by atoms with Crippen molar-refractivity contribution in [1.82, 2.24) is 4.90 Å². The third kappa shape index (κ3) is 10.1. The van der Waals surface area contributed by atoms with Gasteiger partial charge in [-0.25, -0.2) is 9.59 Å². The van der Waals surface area contributed by atoms with Gasteiger partial charge in [-0.2, -0.15) is 0 Å². The highest BCUT2D eigenvalue weighted by molar-refractivity contribution is 14.1. The summed E-state index contributed by atoms with van der Waals surface area (Å²) in [6.45, 7) is 6.19. The normalized spacial score (nSPS) is 17.2. The van der Waals surface area contributed by atoms with Crippen LogP contribution in [0.5, 0.6) is 11.5 Å². The van der Waals surface area contributed by atoms with Gasteiger partial charge < -0.3 is 19.1 Å². The first-order valence-corrected chi connectivity index (χ1v) is 20.3. The maximum atomic E-state index is 12.8. The lowest BCUT2D eigenvalue weighted by Crippen LogP contribution is -2.36. The van der Waals surface area contributed by atoms with Crippen LogP contribution >= 0.6 is 45.5 Å². The third-order valence-electron chi connectivity index (χ3n) is 9.57. The Balaban J connectivity index is 1.08. The molecule has 0 bridgehead atoms. The number of likely N-dealkylation sites (tertiary alicyclic amines) is 1. The smallest absolute Gasteiger partial charge is 0.410 e. The molecular weight excluding hydrogens is 833 g/mol. The van der Waals surface area contributed by atoms with Crippen LogP contribution in [-0.4, -0.2) is 48.9 Å². The summed E-state index contributed by atoms with van der Waals surface area (Å²) in [4.78, 5) is 29.0. The van der Waals surface area contributed by atoms with Crippen molar-refractivity contribution in [1.29, 1.82) is 0 Å². The number of hydrogen-bond acceptors (Lipinski definition) is 7. The number of thiophene rings is 1. The Labute approximate surface area is 338 Å². The molecular formula is C43H41ClIN3O5S. The number of carbonyl (C=O) groups excluding carboxylic acids is 2. The van der Waals surface area contributed by atoms with E-state index in [1.807, 2.05) is 54.6 Å². The van der Waals surface area contributed by atoms with Crippen molar-refractivity contribution in [3.8, 4) is 21.9 Å². The topological polar surface area (TPSA) is 89.1 Å². The third-order valence-corrected chi connectivity index (χ3v) is 11.8. The minimum atomic E-state index is -0.593. The van der Waals surface area contributed by atoms with Crippen molar-refractivity contribution in [3.63, 3.8) is 0 Å². The number of piperidine rings is 1. The van der Waals surface area contributed by atoms with Crippen molar-refractivity contribution in [3.05, 3.63) is 129 Å². The first-order valence-electron chi connectivity index (χ1n) is 18.1. The average Bonchev–Trinajstić information content (AvgIpc) is 3.52. The molecule has 2 heterocycles. The molecule has 1 atom stereocenters. The van der Waals surface area contributed by atoms with Crippen LogP contribution in [0.15, 0.2) is 115 Å². The van der Waals surface area contributed by atoms with Gasteiger partial charge >= 0.3 is 12.2 Å². The standard InChI is InChI=1S/C43H41ClIN3O5S/c1-43(51-26-25-48-23-3-2-4-24-48)21-19-29(20-22-43)27-38-37-18-17-36(53-42(50)47-34-13-9-32(45)10-14-34)28-39(37)54-40(38)30-5-15-35(16-6-30)52-41(49)46-33-11-7-31(44)8-12-33/h5-21,28H,2-4,22-27H2,1H3,(H,46,49)(H,47,50). The molecule has 0 spiro atoms. The molecule has 4 aromatic carbocycles. The molecule has 7 rings (SSSR count). The fourth-order valence-corrected chi connectivity index (χ4v) is 8.37. The molecule has 0 saturated carbocycles. The average molecular weight is 874 g/mol. The van der Waals surface area contributed by atoms with Crippen LogP contribution in [0.3, 0.4) is 0 Å². The molecule has 2 aliphatic rings. The summed E-state index contributed by atoms with van der Waals surface area (Å²) in [5.74, 6) is 0.870. The molecule has 8 nitrogen and oxygen atoms in total. The van der Waals surface area contributed by atoms with E-state index in [-0.39, 0.29) is 5.60 Å². The Kier molecular flexibility index (Phi) is 12.4. The molecule has 1 saturated heterocycles. The van der Waals surface area contributed by atoms with Crippen molar-refractivity contribution in [2.45, 2.75) is 44.6 Å². The number of amides is 2. The largest absolute Gasteiger partial charge is 0.417 e. The second kappa shape index (κ2) is 17.5. The van der Waals surface area contributed by atoms with Crippen molar-refractivity contribution < 1.29 is 23.8 Å². The van der Waals surface area contributed by atoms with Gasteiger partial charge in [0.25, 0.3) is 0 Å². The summed E-state index contributed by atoms with van der Waals surface area (Å²) in [5.41, 5.74) is 4.28. The highest BCUT2D eigenvalue weighted by Crippen LogP contribution is 2.42. The molecule has 11 heteroatoms. The van der Waals surface area contributed by atoms with E-state index in [0.29, 0.717) is 34.3 Å². The number of anilines is 2. The van der Waals surface area contributed by atoms with Crippen molar-refractivity contribution in [2.24, 2.45) is 0 Å². The van der Waals surface area contributed by atoms with Crippen LogP contribution in [0.25, 0.3) is 20.5 Å². The van der Waals surface area contributed by atoms with Gasteiger partial charge in [-0.1, -0.05) is 36.2 Å². The number of halogens is 2. The molecule has 54 heavy (non-hydrogen) atoms. The van der Waals surface area contributed by atoms with Gasteiger partial charge in [0.2, 0.25) is 0 Å². The molecule has 5 aromatic rings. The number of rotatable bonds is 11. The van der Waals surface area contributed by atoms with Crippen LogP contribution in [0.1, 0.15) is 38.2 Å². The maximum absolute atomic E-state index is 12.8. The molecule has 2 amide bonds. The summed E-state index contributed by atoms with van der Waals surface area (Å²) in [6.07, 6.45) is 10.9. The molecule has 1 unspecified atom stereocenters. The van der Waals surface area contributed by atoms with Crippen LogP contribution in [-0.2, 0) is 11.2 Å². The Morgan fingerprint density at radius 1 is 0.852 bits per heavy atom. The molecule has 0 radical (unpaired) electrons. The number of carbonyl (C=O) groups is 2. The summed E-state index contributed by atoms with van der Waals surface area (Å²) in [7, 11) is 0. The van der Waals surface area contributed by atoms with E-state index in [4.69, 9.17) is 25.8 Å². The number of nitrogens with zero attached hydrogens (tertiary/aromatic N) is 1. The highest BCUT2D eigenvalue weighted by atomic mass is 127. The van der Waals surface area contributed by atoms with Gasteiger partial charge in [0.1, 0.15) is 11.5 Å². The SMILES string of the molecule is CC1(OCCN2CCCCC2)C=CC(Cc2c(-c3ccc(OC(=O)Nc4ccc(Cl)cc4)cc3)sc3cc(OC(=O)Nc4ccc(I)cc4)ccc23)=CC1. The van der Waals surface area contributed by atoms with Crippen LogP contribution in [0, 0.1) is 3.57 Å². The summed E-state index contributed by atoms with van der Waals surface area (Å²) in [6, 6.07) is 27.6. The predicted molar refractivity (Wildman–Crippen MR) is 227 cm³/mol. The second-order valence-electron chi connectivity index (χ2n) is 13.7. The summed E-state index contributed by atoms with van der Waals surface area (Å²) < 4.78 is 19.8. The molecule has 278 valence electrons. The number of allylic oxidation sites excluding steroid dienone is 2. The lowest BCUT2D eigenvalue weighted by Gasteiger charge is -2.31. The molecule has 1 aliphatic carbocycles. The Bertz CT molecular complexity index is 2160. The zero-order chi connectivity index (χ0) is 37.5. The van der Waals surface area contributed by atoms with Crippen LogP contribution in [0.4, 0.5) is 21.0 Å². The summed E-state index contributed by atoms with van der Waals surface area (Å²) >= 11 is 9.82. The molecule has 2 N–H and O–H groups in total. The fourth-order valence-electron chi connectivity index (χ4n) is 6.63. The van der Waals surface area contributed by atoms with Crippen LogP contribution in [0.2, 0.25) is 5.02 Å². The highest BCUT2D eigenvalue weighted by Gasteiger charge is 2.25. The van der Waals surface area contributed by atoms with E-state index in [2.05, 4.69) is 63.3 Å². The number of hydrogen-bond donors (Lipinski definition) is 2. The molecule has 1 aromatic heterocycles. The number of benzene rings is 4. The zero-order valence-electron chi connectivity index (χ0n) is 29.9. The lowest BCUT2D eigenvalue weighted by molar-refractivity contribution is -0.00613. The zero-order valence-corrected chi connectivity index (χ0v) is 33.6. The Morgan fingerprint density at radius 3 is 2.17 bits per heavy atom. The van der Waals surface area contributed by atoms with E-state index < -0.39 is 12.2 Å². The van der Waals surface area contributed by atoms with E-state index in [1.54, 1.807) is 47.7 Å². The molecule has 1 aliphatic heterocycles. The fraction of sp³-hybridized carbons (Fsp3) is 0.256. The monoisotopic (exact) mass is 873 g/mol. The predicted octanol–water partition coefficient (Wildman–Crippen LogP) is 11.7. The second-order valence-corrected chi connectivity index (χ2v) is 16.4. The van der Waals surface area contributed by atoms with Gasteiger partial charge in [0, 0.05) is 36.1 Å². The van der Waals surface area contributed by atoms with E-state index in [9.17, 15) is 9.59 Å². The first kappa shape index (κ1) is 38.1. The first-order chi connectivity index (χ1) is 26.2. The minimum absolute atomic E-state index is 0.334.